The van der Waals surface area contributed by atoms with Crippen molar-refractivity contribution in [1.82, 2.24) is 5.01 Å². The maximum Gasteiger partial charge on any atom is 0.338 e. The van der Waals surface area contributed by atoms with E-state index in [1.54, 1.807) is 51.1 Å². The van der Waals surface area contributed by atoms with Crippen LogP contribution in [0.15, 0.2) is 54.6 Å². The lowest BCUT2D eigenvalue weighted by molar-refractivity contribution is 0.0569. The van der Waals surface area contributed by atoms with E-state index in [0.29, 0.717) is 11.3 Å². The van der Waals surface area contributed by atoms with E-state index in [-0.39, 0.29) is 5.91 Å². The van der Waals surface area contributed by atoms with Gasteiger partial charge < -0.3 is 5.73 Å². The van der Waals surface area contributed by atoms with Crippen molar-refractivity contribution in [2.45, 2.75) is 26.3 Å². The SMILES string of the molecule is CC(C)(C)N(C(=O)c1ccccc1)N(C(N)=O)c1ccc(F)cc1. The second kappa shape index (κ2) is 6.70. The number of rotatable bonds is 2. The smallest absolute Gasteiger partial charge is 0.338 e. The molecule has 6 heteroatoms. The summed E-state index contributed by atoms with van der Waals surface area (Å²) in [6.07, 6.45) is 0. The predicted molar refractivity (Wildman–Crippen MR) is 90.8 cm³/mol. The maximum absolute atomic E-state index is 13.2. The molecule has 0 spiro atoms. The Morgan fingerprint density at radius 3 is 1.96 bits per heavy atom. The summed E-state index contributed by atoms with van der Waals surface area (Å²) in [4.78, 5) is 25.0. The Morgan fingerprint density at radius 2 is 1.50 bits per heavy atom. The lowest BCUT2D eigenvalue weighted by atomic mass is 10.1. The van der Waals surface area contributed by atoms with Crippen LogP contribution in [0.2, 0.25) is 0 Å². The van der Waals surface area contributed by atoms with Gasteiger partial charge in [-0.25, -0.2) is 14.2 Å². The Kier molecular flexibility index (Phi) is 4.87. The Bertz CT molecular complexity index is 724. The predicted octanol–water partition coefficient (Wildman–Crippen LogP) is 3.57. The molecule has 3 amide bonds. The van der Waals surface area contributed by atoms with Crippen molar-refractivity contribution in [2.75, 3.05) is 5.01 Å². The van der Waals surface area contributed by atoms with Gasteiger partial charge in [0.1, 0.15) is 5.82 Å². The van der Waals surface area contributed by atoms with Crippen molar-refractivity contribution in [2.24, 2.45) is 5.73 Å². The largest absolute Gasteiger partial charge is 0.350 e. The van der Waals surface area contributed by atoms with Crippen molar-refractivity contribution in [3.05, 3.63) is 66.0 Å². The minimum atomic E-state index is -0.833. The summed E-state index contributed by atoms with van der Waals surface area (Å²) in [5, 5.41) is 2.34. The summed E-state index contributed by atoms with van der Waals surface area (Å²) in [7, 11) is 0. The third kappa shape index (κ3) is 3.71. The molecule has 126 valence electrons. The number of benzene rings is 2. The second-order valence-corrected chi connectivity index (χ2v) is 6.28. The van der Waals surface area contributed by atoms with Crippen LogP contribution in [-0.2, 0) is 0 Å². The monoisotopic (exact) mass is 329 g/mol. The molecule has 0 fully saturated rings. The van der Waals surface area contributed by atoms with Gasteiger partial charge in [-0.1, -0.05) is 18.2 Å². The Morgan fingerprint density at radius 1 is 0.958 bits per heavy atom. The van der Waals surface area contributed by atoms with Crippen LogP contribution in [0.3, 0.4) is 0 Å². The van der Waals surface area contributed by atoms with Crippen LogP contribution in [0.25, 0.3) is 0 Å². The van der Waals surface area contributed by atoms with Crippen molar-refractivity contribution >= 4 is 17.6 Å². The zero-order chi connectivity index (χ0) is 17.9. The molecule has 0 atom stereocenters. The summed E-state index contributed by atoms with van der Waals surface area (Å²) in [6.45, 7) is 5.36. The highest BCUT2D eigenvalue weighted by Crippen LogP contribution is 2.26. The fourth-order valence-corrected chi connectivity index (χ4v) is 2.32. The van der Waals surface area contributed by atoms with Crippen molar-refractivity contribution in [1.29, 1.82) is 0 Å². The number of nitrogens with two attached hydrogens (primary N) is 1. The zero-order valence-corrected chi connectivity index (χ0v) is 13.9. The number of primary amides is 1. The topological polar surface area (TPSA) is 66.6 Å². The van der Waals surface area contributed by atoms with E-state index in [1.807, 2.05) is 0 Å². The highest BCUT2D eigenvalue weighted by Gasteiger charge is 2.35. The fraction of sp³-hybridized carbons (Fsp3) is 0.222. The average Bonchev–Trinajstić information content (AvgIpc) is 2.52. The minimum Gasteiger partial charge on any atom is -0.350 e. The minimum absolute atomic E-state index is 0.308. The van der Waals surface area contributed by atoms with Crippen molar-refractivity contribution in [3.63, 3.8) is 0 Å². The summed E-state index contributed by atoms with van der Waals surface area (Å²) in [6, 6.07) is 13.0. The van der Waals surface area contributed by atoms with Crippen LogP contribution in [0.1, 0.15) is 31.1 Å². The van der Waals surface area contributed by atoms with Crippen molar-refractivity contribution < 1.29 is 14.0 Å². The molecular formula is C18H20FN3O2. The molecule has 2 aromatic rings. The molecule has 0 aliphatic rings. The van der Waals surface area contributed by atoms with E-state index in [1.165, 1.54) is 29.3 Å². The average molecular weight is 329 g/mol. The second-order valence-electron chi connectivity index (χ2n) is 6.28. The number of carbonyl (C=O) groups excluding carboxylic acids is 2. The van der Waals surface area contributed by atoms with Gasteiger partial charge in [-0.05, 0) is 57.2 Å². The van der Waals surface area contributed by atoms with Gasteiger partial charge >= 0.3 is 6.03 Å². The van der Waals surface area contributed by atoms with E-state index in [2.05, 4.69) is 0 Å². The van der Waals surface area contributed by atoms with Crippen LogP contribution in [0.5, 0.6) is 0 Å². The molecular weight excluding hydrogens is 309 g/mol. The molecule has 0 aliphatic heterocycles. The van der Waals surface area contributed by atoms with Gasteiger partial charge in [0, 0.05) is 5.56 Å². The first-order valence-electron chi connectivity index (χ1n) is 7.46. The molecule has 0 heterocycles. The third-order valence-corrected chi connectivity index (χ3v) is 3.33. The van der Waals surface area contributed by atoms with E-state index in [4.69, 9.17) is 5.73 Å². The van der Waals surface area contributed by atoms with Crippen LogP contribution in [0, 0.1) is 5.82 Å². The van der Waals surface area contributed by atoms with Crippen LogP contribution >= 0.6 is 0 Å². The van der Waals surface area contributed by atoms with Gasteiger partial charge in [0.05, 0.1) is 11.2 Å². The van der Waals surface area contributed by atoms with Crippen LogP contribution < -0.4 is 10.7 Å². The summed E-state index contributed by atoms with van der Waals surface area (Å²) in [5.74, 6) is -0.828. The number of hydrogen-bond donors (Lipinski definition) is 1. The van der Waals surface area contributed by atoms with Gasteiger partial charge in [-0.2, -0.15) is 5.01 Å². The van der Waals surface area contributed by atoms with Crippen LogP contribution in [-0.4, -0.2) is 22.5 Å². The highest BCUT2D eigenvalue weighted by molar-refractivity contribution is 6.01. The molecule has 0 aliphatic carbocycles. The quantitative estimate of drug-likeness (QED) is 0.856. The van der Waals surface area contributed by atoms with E-state index in [0.717, 1.165) is 5.01 Å². The molecule has 2 N–H and O–H groups in total. The Hall–Kier alpha value is -2.89. The number of amides is 3. The standard InChI is InChI=1S/C18H20FN3O2/c1-18(2,3)22(16(23)13-7-5-4-6-8-13)21(17(20)24)15-11-9-14(19)10-12-15/h4-12H,1-3H3,(H2,20,24). The first-order valence-corrected chi connectivity index (χ1v) is 7.46. The highest BCUT2D eigenvalue weighted by atomic mass is 19.1. The number of nitrogens with zero attached hydrogens (tertiary/aromatic N) is 2. The number of hydrogen-bond acceptors (Lipinski definition) is 2. The van der Waals surface area contributed by atoms with E-state index in [9.17, 15) is 14.0 Å². The first-order chi connectivity index (χ1) is 11.2. The molecule has 5 nitrogen and oxygen atoms in total. The molecule has 0 saturated heterocycles. The van der Waals surface area contributed by atoms with E-state index < -0.39 is 17.4 Å². The maximum atomic E-state index is 13.2. The molecule has 0 radical (unpaired) electrons. The number of urea groups is 1. The number of halogens is 1. The molecule has 0 aromatic heterocycles. The molecule has 2 rings (SSSR count). The number of anilines is 1. The Labute approximate surface area is 140 Å². The van der Waals surface area contributed by atoms with Crippen molar-refractivity contribution in [3.8, 4) is 0 Å². The molecule has 0 unspecified atom stereocenters. The van der Waals surface area contributed by atoms with Gasteiger partial charge in [-0.15, -0.1) is 0 Å². The van der Waals surface area contributed by atoms with Crippen LogP contribution in [0.4, 0.5) is 14.9 Å². The molecule has 0 bridgehead atoms. The summed E-state index contributed by atoms with van der Waals surface area (Å²) < 4.78 is 13.2. The van der Waals surface area contributed by atoms with Gasteiger partial charge in [-0.3, -0.25) is 4.79 Å². The summed E-state index contributed by atoms with van der Waals surface area (Å²) in [5.41, 5.74) is 5.51. The first kappa shape index (κ1) is 17.5. The fourth-order valence-electron chi connectivity index (χ4n) is 2.32. The number of carbonyl (C=O) groups is 2. The molecule has 2 aromatic carbocycles. The molecule has 0 saturated carbocycles. The van der Waals surface area contributed by atoms with Gasteiger partial charge in [0.15, 0.2) is 0 Å². The summed E-state index contributed by atoms with van der Waals surface area (Å²) >= 11 is 0. The zero-order valence-electron chi connectivity index (χ0n) is 13.9. The van der Waals surface area contributed by atoms with E-state index >= 15 is 0 Å². The molecule has 24 heavy (non-hydrogen) atoms. The lowest BCUT2D eigenvalue weighted by Crippen LogP contribution is -2.60. The van der Waals surface area contributed by atoms with Gasteiger partial charge in [0.25, 0.3) is 5.91 Å². The normalized spacial score (nSPS) is 11.0. The Balaban J connectivity index is 2.54. The lowest BCUT2D eigenvalue weighted by Gasteiger charge is -2.42. The van der Waals surface area contributed by atoms with Gasteiger partial charge in [0.2, 0.25) is 0 Å². The number of hydrazine groups is 1. The third-order valence-electron chi connectivity index (χ3n) is 3.33.